The van der Waals surface area contributed by atoms with Gasteiger partial charge in [-0.3, -0.25) is 0 Å². The molecule has 0 aliphatic carbocycles. The molecule has 10 nitrogen and oxygen atoms in total. The van der Waals surface area contributed by atoms with Crippen LogP contribution in [0.4, 0.5) is 10.5 Å². The van der Waals surface area contributed by atoms with E-state index in [2.05, 4.69) is 10.6 Å². The van der Waals surface area contributed by atoms with Crippen molar-refractivity contribution in [1.82, 2.24) is 5.32 Å². The molecule has 168 valence electrons. The van der Waals surface area contributed by atoms with Crippen LogP contribution >= 0.6 is 0 Å². The normalized spacial score (nSPS) is 16.5. The van der Waals surface area contributed by atoms with Crippen molar-refractivity contribution in [3.8, 4) is 0 Å². The molecule has 3 N–H and O–H groups in total. The number of carboxylic acids is 1. The summed E-state index contributed by atoms with van der Waals surface area (Å²) in [5.74, 6) is -4.12. The van der Waals surface area contributed by atoms with E-state index in [1.54, 1.807) is 45.0 Å². The van der Waals surface area contributed by atoms with Gasteiger partial charge in [-0.1, -0.05) is 12.1 Å². The van der Waals surface area contributed by atoms with Gasteiger partial charge in [-0.25, -0.2) is 19.2 Å². The highest BCUT2D eigenvalue weighted by atomic mass is 16.7. The Morgan fingerprint density at radius 3 is 2.16 bits per heavy atom. The van der Waals surface area contributed by atoms with E-state index in [4.69, 9.17) is 14.2 Å². The zero-order valence-electron chi connectivity index (χ0n) is 18.0. The number of alkyl carbamates (subject to hydrolysis) is 1. The molecule has 1 fully saturated rings. The molecule has 1 aliphatic heterocycles. The van der Waals surface area contributed by atoms with Crippen LogP contribution in [0.15, 0.2) is 36.0 Å². The molecule has 2 rings (SSSR count). The minimum absolute atomic E-state index is 0.0314. The minimum atomic E-state index is -1.32. The number of hydrogen-bond donors (Lipinski definition) is 3. The molecule has 0 spiro atoms. The van der Waals surface area contributed by atoms with Gasteiger partial charge >= 0.3 is 24.0 Å². The molecule has 0 aromatic heterocycles. The number of rotatable bonds is 6. The van der Waals surface area contributed by atoms with Gasteiger partial charge in [-0.05, 0) is 38.5 Å². The van der Waals surface area contributed by atoms with Crippen molar-refractivity contribution in [2.45, 2.75) is 58.5 Å². The molecule has 1 saturated heterocycles. The molecular formula is C21H26N2O8. The number of aliphatic carboxylic acids is 1. The van der Waals surface area contributed by atoms with Gasteiger partial charge in [0.1, 0.15) is 11.6 Å². The summed E-state index contributed by atoms with van der Waals surface area (Å²) in [4.78, 5) is 47.2. The van der Waals surface area contributed by atoms with E-state index in [0.717, 1.165) is 0 Å². The number of carbonyl (C=O) groups is 4. The number of hydrogen-bond acceptors (Lipinski definition) is 8. The first-order valence-corrected chi connectivity index (χ1v) is 9.50. The lowest BCUT2D eigenvalue weighted by Crippen LogP contribution is -2.44. The Hall–Kier alpha value is -3.56. The van der Waals surface area contributed by atoms with Gasteiger partial charge < -0.3 is 30.0 Å². The first-order valence-electron chi connectivity index (χ1n) is 9.50. The molecule has 1 heterocycles. The Bertz CT molecular complexity index is 875. The summed E-state index contributed by atoms with van der Waals surface area (Å²) in [5, 5.41) is 14.5. The van der Waals surface area contributed by atoms with Gasteiger partial charge in [-0.15, -0.1) is 0 Å². The van der Waals surface area contributed by atoms with E-state index in [-0.39, 0.29) is 12.0 Å². The van der Waals surface area contributed by atoms with Gasteiger partial charge in [0.15, 0.2) is 5.57 Å². The van der Waals surface area contributed by atoms with Crippen molar-refractivity contribution in [1.29, 1.82) is 0 Å². The SMILES string of the molecule is CC(C)(C)OC(=O)NC(Cc1ccc(NC=C2C(=O)OC(C)(C)OC2=O)cc1)C(=O)O. The highest BCUT2D eigenvalue weighted by Crippen LogP contribution is 2.23. The second kappa shape index (κ2) is 9.07. The van der Waals surface area contributed by atoms with Crippen molar-refractivity contribution in [3.05, 3.63) is 41.6 Å². The second-order valence-electron chi connectivity index (χ2n) is 8.32. The molecule has 1 aliphatic rings. The number of cyclic esters (lactones) is 2. The number of benzene rings is 1. The maximum Gasteiger partial charge on any atom is 0.408 e. The quantitative estimate of drug-likeness (QED) is 0.349. The summed E-state index contributed by atoms with van der Waals surface area (Å²) >= 11 is 0. The Morgan fingerprint density at radius 2 is 1.68 bits per heavy atom. The van der Waals surface area contributed by atoms with Gasteiger partial charge in [0.2, 0.25) is 0 Å². The van der Waals surface area contributed by atoms with E-state index in [1.165, 1.54) is 20.0 Å². The first kappa shape index (κ1) is 23.7. The number of carbonyl (C=O) groups excluding carboxylic acids is 3. The van der Waals surface area contributed by atoms with Crippen molar-refractivity contribution in [2.24, 2.45) is 0 Å². The van der Waals surface area contributed by atoms with Crippen LogP contribution in [0.1, 0.15) is 40.2 Å². The van der Waals surface area contributed by atoms with Crippen molar-refractivity contribution < 1.29 is 38.5 Å². The summed E-state index contributed by atoms with van der Waals surface area (Å²) in [6.45, 7) is 7.94. The predicted octanol–water partition coefficient (Wildman–Crippen LogP) is 2.34. The minimum Gasteiger partial charge on any atom is -0.480 e. The number of ether oxygens (including phenoxy) is 3. The summed E-state index contributed by atoms with van der Waals surface area (Å²) in [7, 11) is 0. The first-order chi connectivity index (χ1) is 14.3. The second-order valence-corrected chi connectivity index (χ2v) is 8.32. The number of esters is 2. The number of anilines is 1. The molecule has 1 atom stereocenters. The monoisotopic (exact) mass is 434 g/mol. The fourth-order valence-electron chi connectivity index (χ4n) is 2.56. The standard InChI is InChI=1S/C21H26N2O8/c1-20(2,3)31-19(28)23-15(16(24)25)10-12-6-8-13(9-7-12)22-11-14-17(26)29-21(4,5)30-18(14)27/h6-9,11,15,22H,10H2,1-5H3,(H,23,28)(H,24,25). The molecule has 0 radical (unpaired) electrons. The van der Waals surface area contributed by atoms with E-state index in [9.17, 15) is 24.3 Å². The smallest absolute Gasteiger partial charge is 0.408 e. The molecular weight excluding hydrogens is 408 g/mol. The average Bonchev–Trinajstić information content (AvgIpc) is 2.59. The van der Waals surface area contributed by atoms with Crippen LogP contribution in [0, 0.1) is 0 Å². The molecule has 1 aromatic rings. The zero-order valence-corrected chi connectivity index (χ0v) is 18.0. The fraction of sp³-hybridized carbons (Fsp3) is 0.429. The van der Waals surface area contributed by atoms with Crippen molar-refractivity contribution in [3.63, 3.8) is 0 Å². The van der Waals surface area contributed by atoms with Crippen molar-refractivity contribution >= 4 is 29.7 Å². The van der Waals surface area contributed by atoms with Crippen LogP contribution in [-0.2, 0) is 35.0 Å². The van der Waals surface area contributed by atoms with Crippen LogP contribution in [0.2, 0.25) is 0 Å². The molecule has 1 aromatic carbocycles. The molecule has 0 saturated carbocycles. The maximum absolute atomic E-state index is 11.9. The van der Waals surface area contributed by atoms with E-state index in [1.807, 2.05) is 0 Å². The van der Waals surface area contributed by atoms with E-state index >= 15 is 0 Å². The van der Waals surface area contributed by atoms with Gasteiger partial charge in [0.25, 0.3) is 5.79 Å². The molecule has 0 bridgehead atoms. The van der Waals surface area contributed by atoms with Crippen LogP contribution < -0.4 is 10.6 Å². The third-order valence-electron chi connectivity index (χ3n) is 3.88. The highest BCUT2D eigenvalue weighted by Gasteiger charge is 2.38. The number of carboxylic acid groups (broad SMARTS) is 1. The zero-order chi connectivity index (χ0) is 23.4. The van der Waals surface area contributed by atoms with Crippen molar-refractivity contribution in [2.75, 3.05) is 5.32 Å². The highest BCUT2D eigenvalue weighted by molar-refractivity contribution is 6.15. The third kappa shape index (κ3) is 7.32. The predicted molar refractivity (Wildman–Crippen MR) is 109 cm³/mol. The number of amides is 1. The van der Waals surface area contributed by atoms with Gasteiger partial charge in [0.05, 0.1) is 0 Å². The maximum atomic E-state index is 11.9. The van der Waals surface area contributed by atoms with Crippen LogP contribution in [0.25, 0.3) is 0 Å². The van der Waals surface area contributed by atoms with Gasteiger partial charge in [0, 0.05) is 32.2 Å². The fourth-order valence-corrected chi connectivity index (χ4v) is 2.56. The Kier molecular flexibility index (Phi) is 6.94. The lowest BCUT2D eigenvalue weighted by atomic mass is 10.1. The van der Waals surface area contributed by atoms with Crippen LogP contribution in [0.3, 0.4) is 0 Å². The molecule has 1 amide bonds. The van der Waals surface area contributed by atoms with E-state index < -0.39 is 41.4 Å². The van der Waals surface area contributed by atoms with Crippen LogP contribution in [0.5, 0.6) is 0 Å². The molecule has 10 heteroatoms. The Morgan fingerprint density at radius 1 is 1.13 bits per heavy atom. The summed E-state index contributed by atoms with van der Waals surface area (Å²) in [6, 6.07) is 5.37. The Labute approximate surface area is 179 Å². The summed E-state index contributed by atoms with van der Waals surface area (Å²) in [5.41, 5.74) is 0.145. The summed E-state index contributed by atoms with van der Waals surface area (Å²) < 4.78 is 15.1. The largest absolute Gasteiger partial charge is 0.480 e. The average molecular weight is 434 g/mol. The lowest BCUT2D eigenvalue weighted by Gasteiger charge is -2.29. The topological polar surface area (TPSA) is 140 Å². The lowest BCUT2D eigenvalue weighted by molar-refractivity contribution is -0.222. The van der Waals surface area contributed by atoms with Gasteiger partial charge in [-0.2, -0.15) is 0 Å². The number of nitrogens with one attached hydrogen (secondary N) is 2. The Balaban J connectivity index is 2.00. The molecule has 31 heavy (non-hydrogen) atoms. The molecule has 1 unspecified atom stereocenters. The summed E-state index contributed by atoms with van der Waals surface area (Å²) in [6.07, 6.45) is 0.391. The third-order valence-corrected chi connectivity index (χ3v) is 3.88. The van der Waals surface area contributed by atoms with Crippen LogP contribution in [-0.4, -0.2) is 46.5 Å². The van der Waals surface area contributed by atoms with E-state index in [0.29, 0.717) is 11.3 Å².